The van der Waals surface area contributed by atoms with Gasteiger partial charge in [-0.15, -0.1) is 4.55 Å². The zero-order chi connectivity index (χ0) is 10.5. The van der Waals surface area contributed by atoms with Crippen LogP contribution in [0.2, 0.25) is 4.55 Å². The molecule has 0 aromatic rings. The first-order valence-electron chi connectivity index (χ1n) is 5.28. The topological polar surface area (TPSA) is 18.5 Å². The summed E-state index contributed by atoms with van der Waals surface area (Å²) in [4.78, 5) is 0. The third-order valence-corrected chi connectivity index (χ3v) is 4.58. The van der Waals surface area contributed by atoms with Crippen molar-refractivity contribution in [3.63, 3.8) is 0 Å². The lowest BCUT2D eigenvalue weighted by atomic mass is 10.3. The molecule has 0 aliphatic carbocycles. The quantitative estimate of drug-likeness (QED) is 0.202. The zero-order valence-corrected chi connectivity index (χ0v) is 12.6. The molecule has 0 aromatic carbocycles. The average Bonchev–Trinajstić information content (AvgIpc) is 2.21. The smallest absolute Gasteiger partial charge is 0.355 e. The van der Waals surface area contributed by atoms with Crippen molar-refractivity contribution in [3.8, 4) is 0 Å². The van der Waals surface area contributed by atoms with Crippen LogP contribution >= 0.6 is 18.9 Å². The summed E-state index contributed by atoms with van der Waals surface area (Å²) < 4.78 is 11.9. The van der Waals surface area contributed by atoms with Crippen LogP contribution in [0.3, 0.4) is 0 Å². The van der Waals surface area contributed by atoms with E-state index in [2.05, 4.69) is 37.9 Å². The SMILES string of the molecule is CCCOCOCC/C=C/C[CH2][Mg][I]. The van der Waals surface area contributed by atoms with Crippen LogP contribution in [-0.4, -0.2) is 36.5 Å². The Morgan fingerprint density at radius 1 is 1.14 bits per heavy atom. The maximum atomic E-state index is 5.28. The van der Waals surface area contributed by atoms with Gasteiger partial charge < -0.3 is 28.3 Å². The first-order chi connectivity index (χ1) is 6.91. The number of halogens is 1. The van der Waals surface area contributed by atoms with Crippen molar-refractivity contribution in [3.05, 3.63) is 12.2 Å². The normalized spacial score (nSPS) is 10.7. The Morgan fingerprint density at radius 2 is 1.86 bits per heavy atom. The number of ether oxygens (including phenoxy) is 2. The van der Waals surface area contributed by atoms with Crippen molar-refractivity contribution in [2.75, 3.05) is 20.0 Å². The summed E-state index contributed by atoms with van der Waals surface area (Å²) >= 11 is 2.77. The molecule has 0 aliphatic heterocycles. The minimum absolute atomic E-state index is 0.228. The van der Waals surface area contributed by atoms with Gasteiger partial charge in [-0.05, 0) is 12.8 Å². The highest BCUT2D eigenvalue weighted by Crippen LogP contribution is 1.96. The van der Waals surface area contributed by atoms with E-state index in [4.69, 9.17) is 9.47 Å². The number of hydrogen-bond acceptors (Lipinski definition) is 2. The van der Waals surface area contributed by atoms with Crippen LogP contribution in [0.5, 0.6) is 0 Å². The van der Waals surface area contributed by atoms with Gasteiger partial charge in [0.05, 0.1) is 6.61 Å². The van der Waals surface area contributed by atoms with Crippen molar-refractivity contribution < 1.29 is 9.47 Å². The monoisotopic (exact) mass is 322 g/mol. The lowest BCUT2D eigenvalue weighted by molar-refractivity contribution is -0.0519. The molecule has 0 saturated heterocycles. The molecule has 4 heteroatoms. The van der Waals surface area contributed by atoms with Gasteiger partial charge in [-0.25, -0.2) is 0 Å². The molecule has 0 heterocycles. The molecule has 0 aliphatic rings. The molecule has 0 aromatic heterocycles. The van der Waals surface area contributed by atoms with Gasteiger partial charge in [-0.3, -0.25) is 0 Å². The van der Waals surface area contributed by atoms with Crippen LogP contribution in [0.1, 0.15) is 26.2 Å². The molecule has 0 saturated carbocycles. The molecular formula is C10H19IMgO2. The Kier molecular flexibility index (Phi) is 15.3. The first-order valence-corrected chi connectivity index (χ1v) is 11.4. The van der Waals surface area contributed by atoms with Crippen molar-refractivity contribution in [2.45, 2.75) is 30.7 Å². The lowest BCUT2D eigenvalue weighted by Gasteiger charge is -2.02. The van der Waals surface area contributed by atoms with Gasteiger partial charge in [0.25, 0.3) is 0 Å². The molecule has 0 unspecified atom stereocenters. The van der Waals surface area contributed by atoms with Crippen LogP contribution in [0.4, 0.5) is 0 Å². The number of allylic oxidation sites excluding steroid dienone is 1. The number of rotatable bonds is 10. The summed E-state index contributed by atoms with van der Waals surface area (Å²) in [5.74, 6) is 0. The summed E-state index contributed by atoms with van der Waals surface area (Å²) in [6.45, 7) is 4.12. The van der Waals surface area contributed by atoms with Crippen molar-refractivity contribution in [1.82, 2.24) is 0 Å². The van der Waals surface area contributed by atoms with Crippen LogP contribution < -0.4 is 0 Å². The molecule has 0 radical (unpaired) electrons. The standard InChI is InChI=1S/C10H19O2.HI.Mg/c1-3-5-6-7-9-12-10-11-8-4-2;;/h5-6H,1,3-4,7-10H2,2H3;1H;/q;;+1/p-1/b6-5+;;. The molecule has 14 heavy (non-hydrogen) atoms. The van der Waals surface area contributed by atoms with Crippen LogP contribution in [0.25, 0.3) is 0 Å². The predicted molar refractivity (Wildman–Crippen MR) is 70.0 cm³/mol. The Labute approximate surface area is 107 Å². The summed E-state index contributed by atoms with van der Waals surface area (Å²) in [5.41, 5.74) is 0. The van der Waals surface area contributed by atoms with E-state index >= 15 is 0 Å². The third-order valence-electron chi connectivity index (χ3n) is 1.62. The Morgan fingerprint density at radius 3 is 2.57 bits per heavy atom. The Hall–Kier alpha value is 1.16. The van der Waals surface area contributed by atoms with Crippen LogP contribution in [0.15, 0.2) is 12.2 Å². The molecule has 2 nitrogen and oxygen atoms in total. The van der Waals surface area contributed by atoms with Crippen molar-refractivity contribution in [1.29, 1.82) is 0 Å². The molecule has 0 spiro atoms. The van der Waals surface area contributed by atoms with E-state index < -0.39 is 0 Å². The van der Waals surface area contributed by atoms with Gasteiger partial charge >= 0.3 is 16.5 Å². The highest BCUT2D eigenvalue weighted by molar-refractivity contribution is 14.1. The Balaban J connectivity index is 2.94. The summed E-state index contributed by atoms with van der Waals surface area (Å²) in [6, 6.07) is 0. The fourth-order valence-electron chi connectivity index (χ4n) is 0.903. The fourth-order valence-corrected chi connectivity index (χ4v) is 2.61. The average molecular weight is 322 g/mol. The molecule has 0 N–H and O–H groups in total. The molecule has 80 valence electrons. The minimum Gasteiger partial charge on any atom is -0.355 e. The van der Waals surface area contributed by atoms with Crippen molar-refractivity contribution >= 4 is 35.3 Å². The van der Waals surface area contributed by atoms with Gasteiger partial charge in [0.15, 0.2) is 0 Å². The second kappa shape index (κ2) is 14.2. The minimum atomic E-state index is 0.228. The fraction of sp³-hybridized carbons (Fsp3) is 0.800. The largest absolute Gasteiger partial charge is 0.464 e. The van der Waals surface area contributed by atoms with Crippen molar-refractivity contribution in [2.24, 2.45) is 0 Å². The maximum Gasteiger partial charge on any atom is 0.464 e. The second-order valence-electron chi connectivity index (χ2n) is 3.03. The highest BCUT2D eigenvalue weighted by atomic mass is 127. The predicted octanol–water partition coefficient (Wildman–Crippen LogP) is 3.20. The van der Waals surface area contributed by atoms with E-state index in [-0.39, 0.29) is 16.5 Å². The summed E-state index contributed by atoms with van der Waals surface area (Å²) in [7, 11) is 0. The zero-order valence-electron chi connectivity index (χ0n) is 9.01. The van der Waals surface area contributed by atoms with E-state index in [1.165, 1.54) is 11.0 Å². The molecule has 0 amide bonds. The molecular weight excluding hydrogens is 303 g/mol. The molecule has 0 rings (SSSR count). The van der Waals surface area contributed by atoms with Crippen LogP contribution in [0, 0.1) is 0 Å². The summed E-state index contributed by atoms with van der Waals surface area (Å²) in [6.07, 6.45) is 7.80. The third kappa shape index (κ3) is 13.2. The van der Waals surface area contributed by atoms with Gasteiger partial charge in [-0.1, -0.05) is 25.5 Å². The maximum absolute atomic E-state index is 5.28. The van der Waals surface area contributed by atoms with Gasteiger partial charge in [0.1, 0.15) is 6.79 Å². The first kappa shape index (κ1) is 15.2. The summed E-state index contributed by atoms with van der Waals surface area (Å²) in [5, 5.41) is 0. The van der Waals surface area contributed by atoms with E-state index in [1.54, 1.807) is 0 Å². The van der Waals surface area contributed by atoms with E-state index in [9.17, 15) is 0 Å². The number of hydrogen-bond donors (Lipinski definition) is 0. The highest BCUT2D eigenvalue weighted by Gasteiger charge is 1.87. The molecule has 0 fully saturated rings. The van der Waals surface area contributed by atoms with Crippen LogP contribution in [-0.2, 0) is 9.47 Å². The van der Waals surface area contributed by atoms with Gasteiger partial charge in [-0.2, -0.15) is 0 Å². The Bertz CT molecular complexity index is 131. The van der Waals surface area contributed by atoms with Gasteiger partial charge in [0.2, 0.25) is 0 Å². The van der Waals surface area contributed by atoms with Gasteiger partial charge in [0, 0.05) is 6.61 Å². The molecule has 0 bridgehead atoms. The van der Waals surface area contributed by atoms with E-state index in [1.807, 2.05) is 0 Å². The second-order valence-corrected chi connectivity index (χ2v) is 7.35. The lowest BCUT2D eigenvalue weighted by Crippen LogP contribution is -2.01. The molecule has 0 atom stereocenters. The van der Waals surface area contributed by atoms with E-state index in [0.717, 1.165) is 26.1 Å². The van der Waals surface area contributed by atoms with E-state index in [0.29, 0.717) is 6.79 Å².